The fraction of sp³-hybridized carbons (Fsp3) is 0.471. The van der Waals surface area contributed by atoms with Gasteiger partial charge in [-0.3, -0.25) is 10.8 Å². The van der Waals surface area contributed by atoms with Gasteiger partial charge in [0, 0.05) is 16.6 Å². The number of aryl methyl sites for hydroxylation is 1. The molecule has 0 unspecified atom stereocenters. The van der Waals surface area contributed by atoms with Gasteiger partial charge in [0.15, 0.2) is 0 Å². The van der Waals surface area contributed by atoms with Gasteiger partial charge in [-0.25, -0.2) is 0 Å². The quantitative estimate of drug-likeness (QED) is 0.634. The van der Waals surface area contributed by atoms with E-state index < -0.39 is 0 Å². The monoisotopic (exact) mass is 271 g/mol. The van der Waals surface area contributed by atoms with E-state index >= 15 is 0 Å². The number of nitrogens with two attached hydrogens (primary N) is 1. The molecule has 2 aromatic rings. The Bertz CT molecular complexity index is 637. The van der Waals surface area contributed by atoms with Crippen LogP contribution in [-0.2, 0) is 5.41 Å². The minimum atomic E-state index is 0.114. The maximum Gasteiger partial charge on any atom is 0.0726 e. The summed E-state index contributed by atoms with van der Waals surface area (Å²) in [7, 11) is 0. The van der Waals surface area contributed by atoms with Crippen LogP contribution >= 0.6 is 0 Å². The molecule has 0 aliphatic rings. The van der Waals surface area contributed by atoms with Gasteiger partial charge in [-0.1, -0.05) is 40.7 Å². The lowest BCUT2D eigenvalue weighted by atomic mass is 9.85. The molecule has 1 aromatic heterocycles. The van der Waals surface area contributed by atoms with Gasteiger partial charge in [0.25, 0.3) is 0 Å². The number of aromatic nitrogens is 1. The fourth-order valence-corrected chi connectivity index (χ4v) is 2.73. The molecule has 1 heterocycles. The zero-order valence-electron chi connectivity index (χ0n) is 13.3. The van der Waals surface area contributed by atoms with Crippen LogP contribution < -0.4 is 11.3 Å². The van der Waals surface area contributed by atoms with Gasteiger partial charge in [0.2, 0.25) is 0 Å². The van der Waals surface area contributed by atoms with Gasteiger partial charge in [-0.2, -0.15) is 0 Å². The second kappa shape index (κ2) is 5.06. The summed E-state index contributed by atoms with van der Waals surface area (Å²) in [6.07, 6.45) is 0. The van der Waals surface area contributed by atoms with Gasteiger partial charge in [0.1, 0.15) is 0 Å². The van der Waals surface area contributed by atoms with Crippen molar-refractivity contribution in [3.8, 4) is 0 Å². The highest BCUT2D eigenvalue weighted by Crippen LogP contribution is 2.35. The van der Waals surface area contributed by atoms with Crippen molar-refractivity contribution in [2.45, 2.75) is 52.9 Å². The molecule has 3 N–H and O–H groups in total. The number of anilines is 1. The van der Waals surface area contributed by atoms with Crippen molar-refractivity contribution in [2.24, 2.45) is 5.84 Å². The highest BCUT2D eigenvalue weighted by Gasteiger charge is 2.18. The number of rotatable bonds is 2. The summed E-state index contributed by atoms with van der Waals surface area (Å²) in [5, 5.41) is 1.11. The fourth-order valence-electron chi connectivity index (χ4n) is 2.73. The summed E-state index contributed by atoms with van der Waals surface area (Å²) in [6, 6.07) is 6.46. The Morgan fingerprint density at radius 3 is 2.35 bits per heavy atom. The Balaban J connectivity index is 2.82. The number of nitrogens with one attached hydrogen (secondary N) is 1. The maximum atomic E-state index is 5.80. The molecule has 2 rings (SSSR count). The Kier molecular flexibility index (Phi) is 3.74. The van der Waals surface area contributed by atoms with E-state index in [0.717, 1.165) is 22.3 Å². The molecule has 3 nitrogen and oxygen atoms in total. The number of hydrazine groups is 1. The van der Waals surface area contributed by atoms with Crippen molar-refractivity contribution in [1.82, 2.24) is 4.98 Å². The van der Waals surface area contributed by atoms with Crippen molar-refractivity contribution < 1.29 is 0 Å². The number of nitrogen functional groups attached to an aromatic ring is 1. The van der Waals surface area contributed by atoms with Crippen molar-refractivity contribution in [1.29, 1.82) is 0 Å². The Morgan fingerprint density at radius 2 is 1.85 bits per heavy atom. The summed E-state index contributed by atoms with van der Waals surface area (Å²) in [5.41, 5.74) is 8.55. The highest BCUT2D eigenvalue weighted by atomic mass is 15.2. The van der Waals surface area contributed by atoms with E-state index in [1.165, 1.54) is 11.1 Å². The molecule has 0 atom stereocenters. The van der Waals surface area contributed by atoms with Gasteiger partial charge >= 0.3 is 0 Å². The predicted octanol–water partition coefficient (Wildman–Crippen LogP) is 4.25. The van der Waals surface area contributed by atoms with Crippen LogP contribution in [0.2, 0.25) is 0 Å². The van der Waals surface area contributed by atoms with E-state index in [4.69, 9.17) is 10.8 Å². The molecule has 108 valence electrons. The lowest BCUT2D eigenvalue weighted by Crippen LogP contribution is -2.14. The molecule has 0 amide bonds. The number of hydrogen-bond acceptors (Lipinski definition) is 3. The van der Waals surface area contributed by atoms with E-state index in [2.05, 4.69) is 58.2 Å². The molecule has 0 aliphatic heterocycles. The van der Waals surface area contributed by atoms with Crippen LogP contribution in [-0.4, -0.2) is 4.98 Å². The van der Waals surface area contributed by atoms with E-state index in [0.29, 0.717) is 5.92 Å². The third-order valence-electron chi connectivity index (χ3n) is 3.80. The third kappa shape index (κ3) is 2.50. The van der Waals surface area contributed by atoms with Gasteiger partial charge < -0.3 is 5.43 Å². The van der Waals surface area contributed by atoms with Gasteiger partial charge in [-0.15, -0.1) is 0 Å². The number of fused-ring (bicyclic) bond motifs is 1. The van der Waals surface area contributed by atoms with Crippen LogP contribution in [0.1, 0.15) is 57.4 Å². The zero-order chi connectivity index (χ0) is 15.1. The largest absolute Gasteiger partial charge is 0.323 e. The average molecular weight is 271 g/mol. The molecule has 0 fully saturated rings. The van der Waals surface area contributed by atoms with E-state index in [9.17, 15) is 0 Å². The first-order valence-electron chi connectivity index (χ1n) is 7.17. The Hall–Kier alpha value is -1.61. The molecule has 0 saturated carbocycles. The highest BCUT2D eigenvalue weighted by molar-refractivity contribution is 5.94. The molecule has 1 aromatic carbocycles. The van der Waals surface area contributed by atoms with E-state index in [1.807, 2.05) is 6.92 Å². The number of nitrogens with zero attached hydrogens (tertiary/aromatic N) is 1. The topological polar surface area (TPSA) is 50.9 Å². The van der Waals surface area contributed by atoms with Crippen molar-refractivity contribution in [3.05, 3.63) is 35.0 Å². The van der Waals surface area contributed by atoms with Crippen LogP contribution in [0, 0.1) is 6.92 Å². The lowest BCUT2D eigenvalue weighted by molar-refractivity contribution is 0.591. The molecular formula is C17H25N3. The smallest absolute Gasteiger partial charge is 0.0726 e. The Labute approximate surface area is 121 Å². The van der Waals surface area contributed by atoms with E-state index in [1.54, 1.807) is 0 Å². The van der Waals surface area contributed by atoms with Gasteiger partial charge in [0.05, 0.1) is 11.2 Å². The molecule has 0 bridgehead atoms. The molecular weight excluding hydrogens is 246 g/mol. The summed E-state index contributed by atoms with van der Waals surface area (Å²) in [4.78, 5) is 4.73. The zero-order valence-corrected chi connectivity index (χ0v) is 13.3. The first-order chi connectivity index (χ1) is 9.25. The first kappa shape index (κ1) is 14.8. The van der Waals surface area contributed by atoms with Crippen molar-refractivity contribution in [3.63, 3.8) is 0 Å². The summed E-state index contributed by atoms with van der Waals surface area (Å²) < 4.78 is 0. The number of pyridine rings is 1. The molecule has 0 spiro atoms. The second-order valence-electron chi connectivity index (χ2n) is 6.77. The van der Waals surface area contributed by atoms with Crippen LogP contribution in [0.4, 0.5) is 5.69 Å². The van der Waals surface area contributed by atoms with Crippen LogP contribution in [0.5, 0.6) is 0 Å². The molecule has 20 heavy (non-hydrogen) atoms. The minimum Gasteiger partial charge on any atom is -0.323 e. The SMILES string of the molecule is Cc1nc2ccc(C(C)(C)C)cc2c(NN)c1C(C)C. The summed E-state index contributed by atoms with van der Waals surface area (Å²) in [5.74, 6) is 6.19. The Morgan fingerprint density at radius 1 is 1.20 bits per heavy atom. The van der Waals surface area contributed by atoms with Crippen LogP contribution in [0.15, 0.2) is 18.2 Å². The molecule has 0 radical (unpaired) electrons. The molecule has 0 aliphatic carbocycles. The standard InChI is InChI=1S/C17H25N3/c1-10(2)15-11(3)19-14-8-7-12(17(4,5)6)9-13(14)16(15)20-18/h7-10H,18H2,1-6H3,(H,19,20). The number of hydrogen-bond donors (Lipinski definition) is 2. The third-order valence-corrected chi connectivity index (χ3v) is 3.80. The van der Waals surface area contributed by atoms with Gasteiger partial charge in [-0.05, 0) is 36.0 Å². The van der Waals surface area contributed by atoms with Crippen LogP contribution in [0.3, 0.4) is 0 Å². The lowest BCUT2D eigenvalue weighted by Gasteiger charge is -2.22. The molecule has 3 heteroatoms. The minimum absolute atomic E-state index is 0.114. The van der Waals surface area contributed by atoms with Crippen molar-refractivity contribution in [2.75, 3.05) is 5.43 Å². The van der Waals surface area contributed by atoms with Crippen molar-refractivity contribution >= 4 is 16.6 Å². The average Bonchev–Trinajstić information content (AvgIpc) is 2.34. The first-order valence-corrected chi connectivity index (χ1v) is 7.17. The summed E-state index contributed by atoms with van der Waals surface area (Å²) >= 11 is 0. The number of benzene rings is 1. The molecule has 0 saturated heterocycles. The second-order valence-corrected chi connectivity index (χ2v) is 6.77. The summed E-state index contributed by atoms with van der Waals surface area (Å²) in [6.45, 7) is 13.0. The normalized spacial score (nSPS) is 12.2. The maximum absolute atomic E-state index is 5.80. The van der Waals surface area contributed by atoms with E-state index in [-0.39, 0.29) is 5.41 Å². The predicted molar refractivity (Wildman–Crippen MR) is 87.1 cm³/mol. The van der Waals surface area contributed by atoms with Crippen LogP contribution in [0.25, 0.3) is 10.9 Å².